The van der Waals surface area contributed by atoms with Crippen molar-refractivity contribution in [3.63, 3.8) is 0 Å². The molecule has 0 bridgehead atoms. The highest BCUT2D eigenvalue weighted by Crippen LogP contribution is 2.23. The van der Waals surface area contributed by atoms with Crippen molar-refractivity contribution < 1.29 is 4.79 Å². The summed E-state index contributed by atoms with van der Waals surface area (Å²) in [6, 6.07) is 5.26. The van der Waals surface area contributed by atoms with Crippen molar-refractivity contribution in [2.45, 2.75) is 20.3 Å². The van der Waals surface area contributed by atoms with E-state index in [1.54, 1.807) is 12.1 Å². The number of ketones is 1. The Morgan fingerprint density at radius 2 is 1.94 bits per heavy atom. The number of nitrogens with two attached hydrogens (primary N) is 1. The molecule has 0 heterocycles. The molecule has 2 nitrogen and oxygen atoms in total. The van der Waals surface area contributed by atoms with Crippen LogP contribution in [0.2, 0.25) is 10.0 Å². The molecule has 1 rings (SSSR count). The first kappa shape index (κ1) is 14.5. The second kappa shape index (κ2) is 6.39. The van der Waals surface area contributed by atoms with Gasteiger partial charge in [0, 0.05) is 18.9 Å². The maximum absolute atomic E-state index is 12.0. The second-order valence-electron chi connectivity index (χ2n) is 4.48. The van der Waals surface area contributed by atoms with Crippen LogP contribution >= 0.6 is 23.2 Å². The number of hydrogen-bond acceptors (Lipinski definition) is 2. The van der Waals surface area contributed by atoms with Crippen LogP contribution in [-0.2, 0) is 11.2 Å². The number of carbonyl (C=O) groups excluding carboxylic acids is 1. The molecule has 2 N–H and O–H groups in total. The Labute approximate surface area is 112 Å². The fourth-order valence-electron chi connectivity index (χ4n) is 1.76. The van der Waals surface area contributed by atoms with Crippen LogP contribution in [0.15, 0.2) is 18.2 Å². The Morgan fingerprint density at radius 1 is 1.29 bits per heavy atom. The van der Waals surface area contributed by atoms with Crippen molar-refractivity contribution >= 4 is 29.0 Å². The minimum atomic E-state index is -0.0931. The molecule has 1 aromatic carbocycles. The van der Waals surface area contributed by atoms with Gasteiger partial charge < -0.3 is 5.73 Å². The van der Waals surface area contributed by atoms with Crippen molar-refractivity contribution in [3.05, 3.63) is 33.8 Å². The number of hydrogen-bond donors (Lipinski definition) is 1. The van der Waals surface area contributed by atoms with Crippen LogP contribution in [-0.4, -0.2) is 12.3 Å². The molecule has 0 saturated carbocycles. The van der Waals surface area contributed by atoms with Crippen LogP contribution < -0.4 is 5.73 Å². The summed E-state index contributed by atoms with van der Waals surface area (Å²) in [6.07, 6.45) is 0.358. The first-order valence-corrected chi connectivity index (χ1v) is 6.38. The van der Waals surface area contributed by atoms with E-state index >= 15 is 0 Å². The quantitative estimate of drug-likeness (QED) is 0.894. The highest BCUT2D eigenvalue weighted by Gasteiger charge is 2.20. The predicted molar refractivity (Wildman–Crippen MR) is 72.6 cm³/mol. The van der Waals surface area contributed by atoms with Crippen LogP contribution in [0, 0.1) is 11.8 Å². The Kier molecular flexibility index (Phi) is 5.44. The Balaban J connectivity index is 2.77. The largest absolute Gasteiger partial charge is 0.330 e. The predicted octanol–water partition coefficient (Wildman–Crippen LogP) is 3.34. The van der Waals surface area contributed by atoms with E-state index in [4.69, 9.17) is 28.9 Å². The third kappa shape index (κ3) is 3.98. The number of rotatable bonds is 5. The summed E-state index contributed by atoms with van der Waals surface area (Å²) in [6.45, 7) is 4.40. The molecule has 0 spiro atoms. The van der Waals surface area contributed by atoms with Gasteiger partial charge in [-0.25, -0.2) is 0 Å². The topological polar surface area (TPSA) is 43.1 Å². The average molecular weight is 274 g/mol. The normalized spacial score (nSPS) is 12.8. The summed E-state index contributed by atoms with van der Waals surface area (Å²) >= 11 is 11.7. The Bertz CT molecular complexity index is 404. The zero-order valence-corrected chi connectivity index (χ0v) is 11.6. The van der Waals surface area contributed by atoms with Gasteiger partial charge >= 0.3 is 0 Å². The van der Waals surface area contributed by atoms with Crippen LogP contribution in [0.4, 0.5) is 0 Å². The van der Waals surface area contributed by atoms with Gasteiger partial charge in [-0.2, -0.15) is 0 Å². The van der Waals surface area contributed by atoms with Crippen molar-refractivity contribution in [1.82, 2.24) is 0 Å². The molecule has 0 aliphatic heterocycles. The van der Waals surface area contributed by atoms with Crippen molar-refractivity contribution in [2.75, 3.05) is 6.54 Å². The van der Waals surface area contributed by atoms with E-state index in [0.29, 0.717) is 23.0 Å². The van der Waals surface area contributed by atoms with E-state index in [1.165, 1.54) is 0 Å². The van der Waals surface area contributed by atoms with Crippen molar-refractivity contribution in [3.8, 4) is 0 Å². The van der Waals surface area contributed by atoms with Gasteiger partial charge in [-0.05, 0) is 23.6 Å². The smallest absolute Gasteiger partial charge is 0.141 e. The number of Topliss-reactive ketones (excluding diaryl/α,β-unsaturated/α-hetero) is 1. The summed E-state index contributed by atoms with van der Waals surface area (Å²) in [5, 5.41) is 0.980. The Morgan fingerprint density at radius 3 is 2.41 bits per heavy atom. The highest BCUT2D eigenvalue weighted by atomic mass is 35.5. The van der Waals surface area contributed by atoms with Crippen LogP contribution in [0.5, 0.6) is 0 Å². The van der Waals surface area contributed by atoms with E-state index in [2.05, 4.69) is 0 Å². The average Bonchev–Trinajstić information content (AvgIpc) is 2.24. The summed E-state index contributed by atoms with van der Waals surface area (Å²) in [5.74, 6) is 0.320. The van der Waals surface area contributed by atoms with Gasteiger partial charge in [0.2, 0.25) is 0 Å². The summed E-state index contributed by atoms with van der Waals surface area (Å²) < 4.78 is 0. The van der Waals surface area contributed by atoms with Gasteiger partial charge in [-0.15, -0.1) is 0 Å². The molecule has 0 saturated heterocycles. The van der Waals surface area contributed by atoms with Gasteiger partial charge in [0.15, 0.2) is 0 Å². The molecule has 0 fully saturated rings. The van der Waals surface area contributed by atoms with E-state index in [0.717, 1.165) is 5.56 Å². The molecule has 0 amide bonds. The maximum atomic E-state index is 12.0. The first-order chi connectivity index (χ1) is 7.95. The second-order valence-corrected chi connectivity index (χ2v) is 5.29. The first-order valence-electron chi connectivity index (χ1n) is 5.62. The summed E-state index contributed by atoms with van der Waals surface area (Å²) in [4.78, 5) is 12.0. The Hall–Kier alpha value is -0.570. The third-order valence-corrected chi connectivity index (χ3v) is 3.57. The molecule has 1 unspecified atom stereocenters. The zero-order valence-electron chi connectivity index (χ0n) is 10.0. The molecule has 0 aliphatic carbocycles. The monoisotopic (exact) mass is 273 g/mol. The van der Waals surface area contributed by atoms with Gasteiger partial charge in [-0.1, -0.05) is 43.1 Å². The molecule has 17 heavy (non-hydrogen) atoms. The molecule has 4 heteroatoms. The molecule has 1 atom stereocenters. The van der Waals surface area contributed by atoms with Gasteiger partial charge in [-0.3, -0.25) is 4.79 Å². The minimum absolute atomic E-state index is 0.0931. The van der Waals surface area contributed by atoms with E-state index in [9.17, 15) is 4.79 Å². The van der Waals surface area contributed by atoms with E-state index < -0.39 is 0 Å². The molecule has 0 radical (unpaired) electrons. The van der Waals surface area contributed by atoms with Crippen molar-refractivity contribution in [2.24, 2.45) is 17.6 Å². The molecule has 0 aromatic heterocycles. The summed E-state index contributed by atoms with van der Waals surface area (Å²) in [7, 11) is 0. The van der Waals surface area contributed by atoms with Crippen LogP contribution in [0.25, 0.3) is 0 Å². The van der Waals surface area contributed by atoms with Gasteiger partial charge in [0.1, 0.15) is 5.78 Å². The summed E-state index contributed by atoms with van der Waals surface area (Å²) in [5.41, 5.74) is 6.49. The van der Waals surface area contributed by atoms with E-state index in [1.807, 2.05) is 19.9 Å². The lowest BCUT2D eigenvalue weighted by Crippen LogP contribution is -2.29. The number of benzene rings is 1. The molecule has 94 valence electrons. The lowest BCUT2D eigenvalue weighted by atomic mass is 9.88. The van der Waals surface area contributed by atoms with E-state index in [-0.39, 0.29) is 17.6 Å². The highest BCUT2D eigenvalue weighted by molar-refractivity contribution is 6.42. The standard InChI is InChI=1S/C13H17Cl2NO/c1-8(2)10(7-16)13(17)6-9-3-4-11(14)12(15)5-9/h3-5,8,10H,6-7,16H2,1-2H3. The zero-order chi connectivity index (χ0) is 13.0. The van der Waals surface area contributed by atoms with Crippen LogP contribution in [0.3, 0.4) is 0 Å². The van der Waals surface area contributed by atoms with Gasteiger partial charge in [0.05, 0.1) is 10.0 Å². The lowest BCUT2D eigenvalue weighted by molar-refractivity contribution is -0.123. The molecule has 1 aromatic rings. The van der Waals surface area contributed by atoms with Crippen molar-refractivity contribution in [1.29, 1.82) is 0 Å². The molecular weight excluding hydrogens is 257 g/mol. The lowest BCUT2D eigenvalue weighted by Gasteiger charge is -2.17. The molecular formula is C13H17Cl2NO. The number of halogens is 2. The minimum Gasteiger partial charge on any atom is -0.330 e. The van der Waals surface area contributed by atoms with Crippen LogP contribution in [0.1, 0.15) is 19.4 Å². The number of carbonyl (C=O) groups is 1. The SMILES string of the molecule is CC(C)C(CN)C(=O)Cc1ccc(Cl)c(Cl)c1. The maximum Gasteiger partial charge on any atom is 0.141 e. The molecule has 0 aliphatic rings. The fraction of sp³-hybridized carbons (Fsp3) is 0.462. The van der Waals surface area contributed by atoms with Gasteiger partial charge in [0.25, 0.3) is 0 Å². The fourth-order valence-corrected chi connectivity index (χ4v) is 2.08. The third-order valence-electron chi connectivity index (χ3n) is 2.83.